The Kier molecular flexibility index (Phi) is 4.72. The molecule has 2 aliphatic heterocycles. The molecule has 0 fully saturated rings. The molecule has 34 heavy (non-hydrogen) atoms. The van der Waals surface area contributed by atoms with E-state index in [4.69, 9.17) is 14.5 Å². The summed E-state index contributed by atoms with van der Waals surface area (Å²) in [6.45, 7) is 2.58. The Hall–Kier alpha value is -4.33. The minimum Gasteiger partial charge on any atom is -0.454 e. The topological polar surface area (TPSA) is 85.7 Å². The lowest BCUT2D eigenvalue weighted by Crippen LogP contribution is -2.31. The summed E-state index contributed by atoms with van der Waals surface area (Å²) >= 11 is 0. The van der Waals surface area contributed by atoms with Crippen LogP contribution in [-0.2, 0) is 16.1 Å². The Morgan fingerprint density at radius 3 is 2.79 bits per heavy atom. The van der Waals surface area contributed by atoms with Crippen molar-refractivity contribution in [2.45, 2.75) is 25.9 Å². The summed E-state index contributed by atoms with van der Waals surface area (Å²) in [6, 6.07) is 20.3. The maximum absolute atomic E-state index is 13.5. The smallest absolute Gasteiger partial charge is 0.253 e. The number of nitrogens with zero attached hydrogens (tertiary/aromatic N) is 3. The van der Waals surface area contributed by atoms with Crippen LogP contribution >= 0.6 is 0 Å². The summed E-state index contributed by atoms with van der Waals surface area (Å²) in [5.74, 6) is 1.38. The predicted molar refractivity (Wildman–Crippen MR) is 127 cm³/mol. The van der Waals surface area contributed by atoms with Crippen molar-refractivity contribution < 1.29 is 19.1 Å². The largest absolute Gasteiger partial charge is 0.454 e. The predicted octanol–water partition coefficient (Wildman–Crippen LogP) is 4.19. The van der Waals surface area contributed by atoms with Crippen LogP contribution in [0.15, 0.2) is 66.7 Å². The lowest BCUT2D eigenvalue weighted by Gasteiger charge is -2.16. The van der Waals surface area contributed by atoms with Crippen molar-refractivity contribution >= 4 is 34.5 Å². The van der Waals surface area contributed by atoms with Crippen LogP contribution < -0.4 is 19.7 Å². The van der Waals surface area contributed by atoms with Gasteiger partial charge in [-0.2, -0.15) is 0 Å². The average Bonchev–Trinajstić information content (AvgIpc) is 3.50. The summed E-state index contributed by atoms with van der Waals surface area (Å²) in [4.78, 5) is 33.0. The second-order valence-electron chi connectivity index (χ2n) is 8.52. The molecule has 0 saturated carbocycles. The first-order valence-corrected chi connectivity index (χ1v) is 11.1. The molecule has 4 aromatic rings. The van der Waals surface area contributed by atoms with Gasteiger partial charge < -0.3 is 14.8 Å². The van der Waals surface area contributed by atoms with Crippen molar-refractivity contribution in [3.05, 3.63) is 77.9 Å². The lowest BCUT2D eigenvalue weighted by molar-refractivity contribution is -0.124. The van der Waals surface area contributed by atoms with E-state index in [-0.39, 0.29) is 25.0 Å². The molecule has 170 valence electrons. The van der Waals surface area contributed by atoms with Gasteiger partial charge in [0, 0.05) is 11.8 Å². The van der Waals surface area contributed by atoms with Gasteiger partial charge in [-0.1, -0.05) is 42.0 Å². The van der Waals surface area contributed by atoms with Gasteiger partial charge in [-0.05, 0) is 36.8 Å². The molecular weight excluding hydrogens is 432 g/mol. The number of hydrogen-bond acceptors (Lipinski definition) is 5. The number of benzene rings is 3. The zero-order valence-electron chi connectivity index (χ0n) is 18.5. The van der Waals surface area contributed by atoms with Crippen LogP contribution in [0.25, 0.3) is 11.0 Å². The van der Waals surface area contributed by atoms with Crippen molar-refractivity contribution in [2.24, 2.45) is 0 Å². The van der Waals surface area contributed by atoms with Gasteiger partial charge >= 0.3 is 0 Å². The van der Waals surface area contributed by atoms with Crippen molar-refractivity contribution in [1.82, 2.24) is 9.55 Å². The molecule has 8 nitrogen and oxygen atoms in total. The van der Waals surface area contributed by atoms with E-state index in [9.17, 15) is 9.59 Å². The number of carbonyl (C=O) groups is 2. The molecule has 1 atom stereocenters. The maximum atomic E-state index is 13.5. The van der Waals surface area contributed by atoms with E-state index in [1.165, 1.54) is 0 Å². The van der Waals surface area contributed by atoms with Gasteiger partial charge in [0.05, 0.1) is 24.0 Å². The fourth-order valence-corrected chi connectivity index (χ4v) is 4.60. The highest BCUT2D eigenvalue weighted by atomic mass is 16.7. The summed E-state index contributed by atoms with van der Waals surface area (Å²) in [6.07, 6.45) is -0.00898. The summed E-state index contributed by atoms with van der Waals surface area (Å²) in [5, 5.41) is 2.88. The van der Waals surface area contributed by atoms with Crippen LogP contribution in [0.3, 0.4) is 0 Å². The first-order valence-electron chi connectivity index (χ1n) is 11.1. The molecule has 3 heterocycles. The van der Waals surface area contributed by atoms with E-state index < -0.39 is 6.04 Å². The number of carbonyl (C=O) groups excluding carboxylic acids is 2. The van der Waals surface area contributed by atoms with Gasteiger partial charge in [-0.25, -0.2) is 4.98 Å². The summed E-state index contributed by atoms with van der Waals surface area (Å²) < 4.78 is 12.6. The Bertz CT molecular complexity index is 1440. The minimum absolute atomic E-state index is 0.00898. The van der Waals surface area contributed by atoms with Crippen molar-refractivity contribution in [2.75, 3.05) is 17.0 Å². The Morgan fingerprint density at radius 2 is 1.91 bits per heavy atom. The van der Waals surface area contributed by atoms with Gasteiger partial charge in [0.2, 0.25) is 18.6 Å². The standard InChI is InChI=1S/C26H22N4O4/c1-16-5-4-6-17(11-16)14-29-25(32)21(30-20-8-3-2-7-19(20)28-26(29)30)13-24(31)27-18-9-10-22-23(12-18)34-15-33-22/h2-12,21H,13-15H2,1H3,(H,27,31)/t21-/m0/s1. The van der Waals surface area contributed by atoms with Gasteiger partial charge in [0.25, 0.3) is 5.91 Å². The van der Waals surface area contributed by atoms with Gasteiger partial charge in [0.15, 0.2) is 11.5 Å². The summed E-state index contributed by atoms with van der Waals surface area (Å²) in [7, 11) is 0. The highest BCUT2D eigenvalue weighted by molar-refractivity contribution is 6.05. The van der Waals surface area contributed by atoms with Crippen LogP contribution in [0, 0.1) is 6.92 Å². The van der Waals surface area contributed by atoms with E-state index in [1.807, 2.05) is 54.0 Å². The fourth-order valence-electron chi connectivity index (χ4n) is 4.60. The molecule has 8 heteroatoms. The van der Waals surface area contributed by atoms with E-state index >= 15 is 0 Å². The number of rotatable bonds is 5. The average molecular weight is 454 g/mol. The Labute approximate surface area is 195 Å². The first kappa shape index (κ1) is 20.3. The number of amides is 2. The normalized spacial score (nSPS) is 16.2. The van der Waals surface area contributed by atoms with Crippen LogP contribution in [0.4, 0.5) is 11.6 Å². The zero-order valence-corrected chi connectivity index (χ0v) is 18.5. The molecule has 2 amide bonds. The number of anilines is 2. The molecule has 0 saturated heterocycles. The number of hydrogen-bond donors (Lipinski definition) is 1. The third-order valence-electron chi connectivity index (χ3n) is 6.14. The number of nitrogens with one attached hydrogen (secondary N) is 1. The lowest BCUT2D eigenvalue weighted by atomic mass is 10.1. The summed E-state index contributed by atoms with van der Waals surface area (Å²) in [5.41, 5.74) is 4.35. The number of aryl methyl sites for hydroxylation is 1. The van der Waals surface area contributed by atoms with E-state index in [1.54, 1.807) is 23.1 Å². The molecule has 6 rings (SSSR count). The third kappa shape index (κ3) is 3.44. The maximum Gasteiger partial charge on any atom is 0.253 e. The molecule has 0 radical (unpaired) electrons. The molecule has 0 spiro atoms. The van der Waals surface area contributed by atoms with Gasteiger partial charge in [-0.15, -0.1) is 0 Å². The molecule has 0 aliphatic carbocycles. The molecule has 3 aromatic carbocycles. The van der Waals surface area contributed by atoms with Crippen LogP contribution in [0.2, 0.25) is 0 Å². The highest BCUT2D eigenvalue weighted by Gasteiger charge is 2.40. The third-order valence-corrected chi connectivity index (χ3v) is 6.14. The number of ether oxygens (including phenoxy) is 2. The van der Waals surface area contributed by atoms with Crippen LogP contribution in [-0.4, -0.2) is 28.2 Å². The Balaban J connectivity index is 1.30. The van der Waals surface area contributed by atoms with Crippen molar-refractivity contribution in [3.63, 3.8) is 0 Å². The molecular formula is C26H22N4O4. The number of fused-ring (bicyclic) bond motifs is 4. The van der Waals surface area contributed by atoms with E-state index in [2.05, 4.69) is 11.4 Å². The number of aromatic nitrogens is 2. The second kappa shape index (κ2) is 7.91. The molecule has 1 N–H and O–H groups in total. The highest BCUT2D eigenvalue weighted by Crippen LogP contribution is 2.38. The Morgan fingerprint density at radius 1 is 1.06 bits per heavy atom. The molecule has 0 bridgehead atoms. The second-order valence-corrected chi connectivity index (χ2v) is 8.52. The number of para-hydroxylation sites is 2. The minimum atomic E-state index is -0.679. The zero-order chi connectivity index (χ0) is 23.2. The monoisotopic (exact) mass is 454 g/mol. The quantitative estimate of drug-likeness (QED) is 0.489. The van der Waals surface area contributed by atoms with E-state index in [0.717, 1.165) is 22.2 Å². The van der Waals surface area contributed by atoms with Crippen molar-refractivity contribution in [3.8, 4) is 11.5 Å². The first-order chi connectivity index (χ1) is 16.6. The van der Waals surface area contributed by atoms with Crippen LogP contribution in [0.5, 0.6) is 11.5 Å². The van der Waals surface area contributed by atoms with E-state index in [0.29, 0.717) is 29.7 Å². The van der Waals surface area contributed by atoms with Crippen molar-refractivity contribution in [1.29, 1.82) is 0 Å². The molecule has 0 unspecified atom stereocenters. The molecule has 1 aromatic heterocycles. The SMILES string of the molecule is Cc1cccc(CN2C(=O)[C@H](CC(=O)Nc3ccc4c(c3)OCO4)n3c2nc2ccccc23)c1. The fraction of sp³-hybridized carbons (Fsp3) is 0.192. The van der Waals surface area contributed by atoms with Gasteiger partial charge in [-0.3, -0.25) is 19.1 Å². The molecule has 2 aliphatic rings. The van der Waals surface area contributed by atoms with Gasteiger partial charge in [0.1, 0.15) is 6.04 Å². The van der Waals surface area contributed by atoms with Crippen LogP contribution in [0.1, 0.15) is 23.6 Å². The number of imidazole rings is 1.